The minimum Gasteiger partial charge on any atom is -0.334 e. The number of carbonyl (C=O) groups is 1. The summed E-state index contributed by atoms with van der Waals surface area (Å²) in [5, 5.41) is 4.31. The number of nitrogens with zero attached hydrogens (tertiary/aromatic N) is 2. The highest BCUT2D eigenvalue weighted by Gasteiger charge is 2.32. The summed E-state index contributed by atoms with van der Waals surface area (Å²) in [7, 11) is 0. The Morgan fingerprint density at radius 2 is 1.97 bits per heavy atom. The molecular weight excluding hydrogens is 385 g/mol. The molecule has 5 rings (SSSR count). The molecule has 29 heavy (non-hydrogen) atoms. The summed E-state index contributed by atoms with van der Waals surface area (Å²) in [6, 6.07) is 10.3. The van der Waals surface area contributed by atoms with E-state index in [0.29, 0.717) is 13.1 Å². The maximum Gasteiger partial charge on any atom is 0.318 e. The number of urea groups is 1. The first kappa shape index (κ1) is 18.4. The maximum absolute atomic E-state index is 13.2. The number of carbonyl (C=O) groups excluding carboxylic acids is 1. The number of rotatable bonds is 2. The lowest BCUT2D eigenvalue weighted by Gasteiger charge is -2.28. The van der Waals surface area contributed by atoms with E-state index in [2.05, 4.69) is 35.1 Å². The normalized spacial score (nSPS) is 17.9. The van der Waals surface area contributed by atoms with Gasteiger partial charge in [0, 0.05) is 28.9 Å². The number of hydrogen-bond acceptors (Lipinski definition) is 2. The van der Waals surface area contributed by atoms with Gasteiger partial charge in [0.2, 0.25) is 0 Å². The van der Waals surface area contributed by atoms with Gasteiger partial charge in [0.05, 0.1) is 12.6 Å². The molecule has 0 radical (unpaired) electrons. The number of halogens is 1. The molecule has 1 aromatic carbocycles. The van der Waals surface area contributed by atoms with E-state index in [1.807, 2.05) is 16.2 Å². The summed E-state index contributed by atoms with van der Waals surface area (Å²) in [6.45, 7) is 3.10. The number of thiophene rings is 1. The number of fused-ring (bicyclic) bond motifs is 5. The molecule has 1 aliphatic carbocycles. The van der Waals surface area contributed by atoms with Gasteiger partial charge in [-0.1, -0.05) is 12.1 Å². The fourth-order valence-electron chi connectivity index (χ4n) is 4.49. The molecule has 3 aromatic rings. The number of nitrogens with one attached hydrogen (secondary N) is 1. The van der Waals surface area contributed by atoms with Crippen molar-refractivity contribution in [3.63, 3.8) is 0 Å². The zero-order valence-corrected chi connectivity index (χ0v) is 17.3. The lowest BCUT2D eigenvalue weighted by atomic mass is 9.95. The number of hydrogen-bond donors (Lipinski definition) is 1. The second-order valence-corrected chi connectivity index (χ2v) is 8.97. The summed E-state index contributed by atoms with van der Waals surface area (Å²) < 4.78 is 15.4. The summed E-state index contributed by atoms with van der Waals surface area (Å²) >= 11 is 1.89. The number of aryl methyl sites for hydroxylation is 1. The second kappa shape index (κ2) is 7.34. The highest BCUT2D eigenvalue weighted by atomic mass is 32.1. The summed E-state index contributed by atoms with van der Waals surface area (Å²) in [5.74, 6) is -0.267. The highest BCUT2D eigenvalue weighted by Crippen LogP contribution is 2.42. The molecule has 1 atom stereocenters. The van der Waals surface area contributed by atoms with Crippen molar-refractivity contribution in [3.8, 4) is 5.00 Å². The molecule has 3 heterocycles. The Hall–Kier alpha value is -2.60. The molecule has 1 N–H and O–H groups in total. The van der Waals surface area contributed by atoms with E-state index >= 15 is 0 Å². The Balaban J connectivity index is 1.45. The van der Waals surface area contributed by atoms with Crippen LogP contribution in [0.3, 0.4) is 0 Å². The smallest absolute Gasteiger partial charge is 0.318 e. The molecule has 150 valence electrons. The van der Waals surface area contributed by atoms with Crippen molar-refractivity contribution in [2.75, 3.05) is 0 Å². The van der Waals surface area contributed by atoms with E-state index < -0.39 is 0 Å². The molecule has 2 aromatic heterocycles. The first-order valence-corrected chi connectivity index (χ1v) is 11.0. The van der Waals surface area contributed by atoms with Crippen LogP contribution in [0.2, 0.25) is 0 Å². The van der Waals surface area contributed by atoms with E-state index in [4.69, 9.17) is 0 Å². The first-order valence-electron chi connectivity index (χ1n) is 10.2. The van der Waals surface area contributed by atoms with Crippen LogP contribution in [0.15, 0.2) is 42.6 Å². The van der Waals surface area contributed by atoms with Gasteiger partial charge in [-0.2, -0.15) is 0 Å². The summed E-state index contributed by atoms with van der Waals surface area (Å²) in [4.78, 5) is 16.6. The van der Waals surface area contributed by atoms with Crippen molar-refractivity contribution in [2.45, 2.75) is 51.7 Å². The number of aromatic nitrogens is 1. The van der Waals surface area contributed by atoms with E-state index in [1.54, 1.807) is 12.1 Å². The van der Waals surface area contributed by atoms with Gasteiger partial charge in [-0.3, -0.25) is 0 Å². The second-order valence-electron chi connectivity index (χ2n) is 7.89. The Labute approximate surface area is 174 Å². The highest BCUT2D eigenvalue weighted by molar-refractivity contribution is 7.15. The molecule has 1 aliphatic heterocycles. The Bertz CT molecular complexity index is 1050. The van der Waals surface area contributed by atoms with Crippen LogP contribution in [0, 0.1) is 5.82 Å². The minimum absolute atomic E-state index is 0.0305. The van der Waals surface area contributed by atoms with Gasteiger partial charge < -0.3 is 14.8 Å². The first-order chi connectivity index (χ1) is 14.1. The molecule has 6 heteroatoms. The average Bonchev–Trinajstić information content (AvgIpc) is 3.33. The van der Waals surface area contributed by atoms with Crippen LogP contribution >= 0.6 is 11.3 Å². The third kappa shape index (κ3) is 3.25. The van der Waals surface area contributed by atoms with Crippen molar-refractivity contribution in [1.29, 1.82) is 0 Å². The van der Waals surface area contributed by atoms with Crippen molar-refractivity contribution >= 4 is 17.4 Å². The van der Waals surface area contributed by atoms with Gasteiger partial charge in [0.25, 0.3) is 0 Å². The SMILES string of the molecule is C[C@H]1c2cccn2-c2sc3c(c2CN1C(=O)NCc1ccc(F)cc1)CCCC3. The predicted molar refractivity (Wildman–Crippen MR) is 113 cm³/mol. The topological polar surface area (TPSA) is 37.3 Å². The fraction of sp³-hybridized carbons (Fsp3) is 0.348. The van der Waals surface area contributed by atoms with Crippen LogP contribution < -0.4 is 5.32 Å². The van der Waals surface area contributed by atoms with Gasteiger partial charge in [0.1, 0.15) is 10.8 Å². The third-order valence-corrected chi connectivity index (χ3v) is 7.43. The Kier molecular flexibility index (Phi) is 4.66. The lowest BCUT2D eigenvalue weighted by molar-refractivity contribution is 0.174. The zero-order chi connectivity index (χ0) is 20.0. The van der Waals surface area contributed by atoms with Crippen molar-refractivity contribution < 1.29 is 9.18 Å². The molecule has 0 spiro atoms. The zero-order valence-electron chi connectivity index (χ0n) is 16.5. The van der Waals surface area contributed by atoms with Crippen LogP contribution in [0.4, 0.5) is 9.18 Å². The van der Waals surface area contributed by atoms with E-state index in [9.17, 15) is 9.18 Å². The van der Waals surface area contributed by atoms with E-state index in [0.717, 1.165) is 24.1 Å². The third-order valence-electron chi connectivity index (χ3n) is 6.10. The molecule has 4 nitrogen and oxygen atoms in total. The quantitative estimate of drug-likeness (QED) is 0.609. The van der Waals surface area contributed by atoms with Gasteiger partial charge in [-0.15, -0.1) is 11.3 Å². The van der Waals surface area contributed by atoms with Crippen molar-refractivity contribution in [3.05, 3.63) is 75.7 Å². The van der Waals surface area contributed by atoms with Crippen LogP contribution in [0.25, 0.3) is 5.00 Å². The number of benzene rings is 1. The maximum atomic E-state index is 13.2. The van der Waals surface area contributed by atoms with Crippen LogP contribution in [-0.2, 0) is 25.9 Å². The molecule has 2 aliphatic rings. The standard InChI is InChI=1S/C23H24FN3OS/c1-15-20-6-4-12-26(20)22-19(18-5-2-3-7-21(18)29-22)14-27(15)23(28)25-13-16-8-10-17(24)11-9-16/h4,6,8-12,15H,2-3,5,7,13-14H2,1H3,(H,25,28)/t15-/m0/s1. The molecular formula is C23H24FN3OS. The predicted octanol–water partition coefficient (Wildman–Crippen LogP) is 5.34. The van der Waals surface area contributed by atoms with Crippen LogP contribution in [0.5, 0.6) is 0 Å². The van der Waals surface area contributed by atoms with Gasteiger partial charge >= 0.3 is 6.03 Å². The molecule has 0 bridgehead atoms. The molecule has 2 amide bonds. The molecule has 0 saturated heterocycles. The van der Waals surface area contributed by atoms with Gasteiger partial charge in [-0.05, 0) is 68.0 Å². The van der Waals surface area contributed by atoms with Gasteiger partial charge in [-0.25, -0.2) is 9.18 Å². The summed E-state index contributed by atoms with van der Waals surface area (Å²) in [5.41, 5.74) is 4.79. The Morgan fingerprint density at radius 3 is 2.79 bits per heavy atom. The molecule has 0 fully saturated rings. The van der Waals surface area contributed by atoms with Crippen molar-refractivity contribution in [1.82, 2.24) is 14.8 Å². The minimum atomic E-state index is -0.267. The molecule has 0 saturated carbocycles. The molecule has 0 unspecified atom stereocenters. The largest absolute Gasteiger partial charge is 0.334 e. The summed E-state index contributed by atoms with van der Waals surface area (Å²) in [6.07, 6.45) is 6.85. The Morgan fingerprint density at radius 1 is 1.17 bits per heavy atom. The van der Waals surface area contributed by atoms with Crippen LogP contribution in [-0.4, -0.2) is 15.5 Å². The van der Waals surface area contributed by atoms with E-state index in [1.165, 1.54) is 46.0 Å². The number of amides is 2. The van der Waals surface area contributed by atoms with Crippen LogP contribution in [0.1, 0.15) is 53.1 Å². The monoisotopic (exact) mass is 409 g/mol. The van der Waals surface area contributed by atoms with Crippen molar-refractivity contribution in [2.24, 2.45) is 0 Å². The van der Waals surface area contributed by atoms with E-state index in [-0.39, 0.29) is 17.9 Å². The lowest BCUT2D eigenvalue weighted by Crippen LogP contribution is -2.40. The van der Waals surface area contributed by atoms with Gasteiger partial charge in [0.15, 0.2) is 0 Å². The average molecular weight is 410 g/mol. The fourth-order valence-corrected chi connectivity index (χ4v) is 5.89.